The summed E-state index contributed by atoms with van der Waals surface area (Å²) in [5.74, 6) is -1.12. The Hall–Kier alpha value is -4.01. The Balaban J connectivity index is 1.09. The summed E-state index contributed by atoms with van der Waals surface area (Å²) >= 11 is 0. The highest BCUT2D eigenvalue weighted by Crippen LogP contribution is 2.43. The summed E-state index contributed by atoms with van der Waals surface area (Å²) in [6.07, 6.45) is -8.03. The van der Waals surface area contributed by atoms with Crippen LogP contribution in [0.25, 0.3) is 0 Å². The number of aliphatic hydroxyl groups excluding tert-OH is 1. The van der Waals surface area contributed by atoms with E-state index in [1.54, 1.807) is 31.4 Å². The number of fused-ring (bicyclic) bond motifs is 2. The van der Waals surface area contributed by atoms with E-state index in [-0.39, 0.29) is 26.2 Å². The van der Waals surface area contributed by atoms with E-state index in [2.05, 4.69) is 0 Å². The fourth-order valence-corrected chi connectivity index (χ4v) is 7.71. The molecule has 278 valence electrons. The van der Waals surface area contributed by atoms with Gasteiger partial charge in [-0.1, -0.05) is 109 Å². The Morgan fingerprint density at radius 1 is 0.679 bits per heavy atom. The van der Waals surface area contributed by atoms with Gasteiger partial charge in [0.05, 0.1) is 37.6 Å². The topological polar surface area (TPSA) is 120 Å². The second-order valence-electron chi connectivity index (χ2n) is 13.7. The first-order chi connectivity index (χ1) is 26.1. The molecule has 0 aliphatic carbocycles. The van der Waals surface area contributed by atoms with Crippen LogP contribution in [0.5, 0.6) is 0 Å². The first-order valence-electron chi connectivity index (χ1n) is 18.1. The maximum Gasteiger partial charge on any atom is 0.338 e. The smallest absolute Gasteiger partial charge is 0.338 e. The molecule has 4 aromatic carbocycles. The van der Waals surface area contributed by atoms with Crippen molar-refractivity contribution in [2.45, 2.75) is 80.7 Å². The lowest BCUT2D eigenvalue weighted by molar-refractivity contribution is -0.363. The van der Waals surface area contributed by atoms with E-state index in [1.165, 1.54) is 0 Å². The predicted molar refractivity (Wildman–Crippen MR) is 189 cm³/mol. The van der Waals surface area contributed by atoms with Gasteiger partial charge in [-0.05, 0) is 24.1 Å². The van der Waals surface area contributed by atoms with Crippen LogP contribution in [0.3, 0.4) is 0 Å². The van der Waals surface area contributed by atoms with E-state index in [4.69, 9.17) is 42.6 Å². The number of benzene rings is 4. The molecule has 4 aromatic rings. The number of ether oxygens (including phenoxy) is 9. The van der Waals surface area contributed by atoms with Gasteiger partial charge in [-0.15, -0.1) is 0 Å². The number of carbonyl (C=O) groups excluding carboxylic acids is 1. The zero-order valence-electron chi connectivity index (χ0n) is 29.3. The summed E-state index contributed by atoms with van der Waals surface area (Å²) in [4.78, 5) is 13.7. The highest BCUT2D eigenvalue weighted by atomic mass is 16.8. The molecule has 11 nitrogen and oxygen atoms in total. The summed E-state index contributed by atoms with van der Waals surface area (Å²) in [6.45, 7) is 0.654. The second kappa shape index (κ2) is 16.6. The number of rotatable bonds is 10. The molecule has 0 bridgehead atoms. The Morgan fingerprint density at radius 2 is 1.23 bits per heavy atom. The van der Waals surface area contributed by atoms with Crippen molar-refractivity contribution >= 4 is 5.97 Å². The number of hydrogen-bond donors (Lipinski definition) is 1. The molecule has 0 amide bonds. The summed E-state index contributed by atoms with van der Waals surface area (Å²) in [5.41, 5.74) is 3.02. The summed E-state index contributed by atoms with van der Waals surface area (Å²) < 4.78 is 57.2. The molecule has 0 radical (unpaired) electrons. The number of carbonyl (C=O) groups is 1. The number of esters is 1. The van der Waals surface area contributed by atoms with Crippen LogP contribution in [0, 0.1) is 5.92 Å². The van der Waals surface area contributed by atoms with Crippen LogP contribution >= 0.6 is 0 Å². The Labute approximate surface area is 308 Å². The normalized spacial score (nSPS) is 34.0. The van der Waals surface area contributed by atoms with Crippen molar-refractivity contribution < 1.29 is 52.5 Å². The average molecular weight is 725 g/mol. The van der Waals surface area contributed by atoms with Gasteiger partial charge in [0, 0.05) is 24.2 Å². The Bertz CT molecular complexity index is 1750. The lowest BCUT2D eigenvalue weighted by Gasteiger charge is -2.52. The molecule has 0 aromatic heterocycles. The maximum atomic E-state index is 13.7. The van der Waals surface area contributed by atoms with Gasteiger partial charge in [0.15, 0.2) is 25.0 Å². The molecular formula is C42H44O11. The first kappa shape index (κ1) is 36.0. The van der Waals surface area contributed by atoms with E-state index in [9.17, 15) is 9.90 Å². The molecule has 4 heterocycles. The molecule has 11 heteroatoms. The molecule has 6 unspecified atom stereocenters. The third-order valence-corrected chi connectivity index (χ3v) is 10.4. The monoisotopic (exact) mass is 724 g/mol. The van der Waals surface area contributed by atoms with Gasteiger partial charge in [0.25, 0.3) is 0 Å². The van der Waals surface area contributed by atoms with Crippen molar-refractivity contribution in [2.75, 3.05) is 20.3 Å². The zero-order valence-corrected chi connectivity index (χ0v) is 29.3. The van der Waals surface area contributed by atoms with Gasteiger partial charge >= 0.3 is 5.97 Å². The lowest BCUT2D eigenvalue weighted by atomic mass is 9.80. The van der Waals surface area contributed by atoms with Gasteiger partial charge < -0.3 is 47.7 Å². The molecule has 12 atom stereocenters. The minimum atomic E-state index is -1.14. The SMILES string of the molecule is CO[C@@H]1C(OC(=O)c2ccccc2)[C@H](C[C@@H]2C(O)[C@H](OCc3ccccc3)OC3COC(c4ccccc4)O[C@@H]32)OC2COC(c3ccccc3)O[C@@H]21. The van der Waals surface area contributed by atoms with Gasteiger partial charge in [-0.3, -0.25) is 0 Å². The molecule has 4 aliphatic rings. The Morgan fingerprint density at radius 3 is 1.83 bits per heavy atom. The highest BCUT2D eigenvalue weighted by molar-refractivity contribution is 5.89. The Kier molecular flexibility index (Phi) is 11.2. The van der Waals surface area contributed by atoms with E-state index in [1.807, 2.05) is 97.1 Å². The van der Waals surface area contributed by atoms with Crippen molar-refractivity contribution in [1.29, 1.82) is 0 Å². The van der Waals surface area contributed by atoms with Crippen LogP contribution < -0.4 is 0 Å². The van der Waals surface area contributed by atoms with Gasteiger partial charge in [-0.25, -0.2) is 4.79 Å². The summed E-state index contributed by atoms with van der Waals surface area (Å²) in [6, 6.07) is 37.8. The number of hydrogen-bond acceptors (Lipinski definition) is 11. The molecule has 53 heavy (non-hydrogen) atoms. The van der Waals surface area contributed by atoms with Crippen molar-refractivity contribution in [3.63, 3.8) is 0 Å². The van der Waals surface area contributed by atoms with Crippen LogP contribution in [0.2, 0.25) is 0 Å². The fraction of sp³-hybridized carbons (Fsp3) is 0.405. The molecular weight excluding hydrogens is 680 g/mol. The minimum Gasteiger partial charge on any atom is -0.453 e. The highest BCUT2D eigenvalue weighted by Gasteiger charge is 2.56. The summed E-state index contributed by atoms with van der Waals surface area (Å²) in [5, 5.41) is 12.1. The molecule has 4 aliphatic heterocycles. The van der Waals surface area contributed by atoms with Crippen LogP contribution in [0.1, 0.15) is 46.0 Å². The molecule has 1 N–H and O–H groups in total. The quantitative estimate of drug-likeness (QED) is 0.208. The van der Waals surface area contributed by atoms with E-state index < -0.39 is 79.6 Å². The van der Waals surface area contributed by atoms with Crippen LogP contribution in [-0.2, 0) is 49.2 Å². The van der Waals surface area contributed by atoms with Crippen molar-refractivity contribution in [1.82, 2.24) is 0 Å². The van der Waals surface area contributed by atoms with E-state index in [0.29, 0.717) is 5.56 Å². The molecule has 8 rings (SSSR count). The minimum absolute atomic E-state index is 0.205. The van der Waals surface area contributed by atoms with E-state index in [0.717, 1.165) is 16.7 Å². The standard InChI is InChI=1S/C42H44O11/c1-45-38-36(51-39(44)27-16-8-3-9-17-27)31(49-33-25-48-41(53-37(33)38)29-20-12-5-13-21-29)22-30-34(43)42(46-23-26-14-6-2-7-15-26)50-32-24-47-40(52-35(30)32)28-18-10-4-11-19-28/h2-21,30-38,40-43H,22-25H2,1H3/t30-,31+,32?,33?,34?,35-,36?,37+,38-,40?,41?,42-/m1/s1. The lowest BCUT2D eigenvalue weighted by Crippen LogP contribution is -2.65. The van der Waals surface area contributed by atoms with Crippen molar-refractivity contribution in [3.05, 3.63) is 144 Å². The zero-order chi connectivity index (χ0) is 36.1. The molecule has 4 saturated heterocycles. The largest absolute Gasteiger partial charge is 0.453 e. The third kappa shape index (κ3) is 7.95. The number of methoxy groups -OCH3 is 1. The maximum absolute atomic E-state index is 13.7. The van der Waals surface area contributed by atoms with Gasteiger partial charge in [-0.2, -0.15) is 0 Å². The predicted octanol–water partition coefficient (Wildman–Crippen LogP) is 5.53. The van der Waals surface area contributed by atoms with Crippen LogP contribution in [-0.4, -0.2) is 86.5 Å². The molecule has 0 saturated carbocycles. The van der Waals surface area contributed by atoms with E-state index >= 15 is 0 Å². The number of aliphatic hydroxyl groups is 1. The van der Waals surface area contributed by atoms with Crippen molar-refractivity contribution in [2.24, 2.45) is 5.92 Å². The second-order valence-corrected chi connectivity index (χ2v) is 13.7. The van der Waals surface area contributed by atoms with Gasteiger partial charge in [0.1, 0.15) is 30.5 Å². The van der Waals surface area contributed by atoms with Crippen molar-refractivity contribution in [3.8, 4) is 0 Å². The average Bonchev–Trinajstić information content (AvgIpc) is 3.22. The third-order valence-electron chi connectivity index (χ3n) is 10.4. The van der Waals surface area contributed by atoms with Gasteiger partial charge in [0.2, 0.25) is 0 Å². The van der Waals surface area contributed by atoms with Crippen LogP contribution in [0.4, 0.5) is 0 Å². The molecule has 0 spiro atoms. The molecule has 4 fully saturated rings. The summed E-state index contributed by atoms with van der Waals surface area (Å²) in [7, 11) is 1.57. The van der Waals surface area contributed by atoms with Crippen LogP contribution in [0.15, 0.2) is 121 Å². The fourth-order valence-electron chi connectivity index (χ4n) is 7.71. The first-order valence-corrected chi connectivity index (χ1v) is 18.1.